The molecule has 48 heavy (non-hydrogen) atoms. The van der Waals surface area contributed by atoms with Gasteiger partial charge in [0.1, 0.15) is 17.8 Å². The summed E-state index contributed by atoms with van der Waals surface area (Å²) >= 11 is 0. The van der Waals surface area contributed by atoms with E-state index in [1.807, 2.05) is 26.8 Å². The Hall–Kier alpha value is -3.63. The number of Topliss-reactive ketones (excluding diaryl/α,β-unsaturated/α-hetero) is 1. The van der Waals surface area contributed by atoms with Gasteiger partial charge in [0.2, 0.25) is 17.6 Å². The quantitative estimate of drug-likeness (QED) is 0.136. The molecular weight excluding hydrogens is 610 g/mol. The molecule has 3 aliphatic rings. The first kappa shape index (κ1) is 37.2. The lowest BCUT2D eigenvalue weighted by molar-refractivity contribution is -0.143. The molecule has 3 fully saturated rings. The third kappa shape index (κ3) is 10.2. The Balaban J connectivity index is 1.53. The van der Waals surface area contributed by atoms with Gasteiger partial charge in [0, 0.05) is 12.1 Å². The van der Waals surface area contributed by atoms with Crippen molar-refractivity contribution in [1.82, 2.24) is 20.9 Å². The van der Waals surface area contributed by atoms with Gasteiger partial charge in [-0.1, -0.05) is 91.2 Å². The average Bonchev–Trinajstić information content (AvgIpc) is 3.74. The van der Waals surface area contributed by atoms with Gasteiger partial charge in [-0.05, 0) is 73.5 Å². The Bertz CT molecular complexity index is 1320. The van der Waals surface area contributed by atoms with E-state index < -0.39 is 52.7 Å². The molecule has 0 spiro atoms. The fraction of sp³-hybridized carbons (Fsp3) is 0.703. The smallest absolute Gasteiger partial charge is 0.315 e. The molecule has 1 aromatic rings. The summed E-state index contributed by atoms with van der Waals surface area (Å²) in [7, 11) is 0. The SMILES string of the molecule is CCCCC[C@@H]1C[C@@H](C(=O)NC(CC2CC2)C(=O)C(N)=O)N(C(=O)[C@@H](NC(=O)NC2(Cc3cccc(O)c3)CCCCC2)C(C)(C)C)C1. The van der Waals surface area contributed by atoms with Crippen LogP contribution in [-0.4, -0.2) is 69.8 Å². The molecule has 1 aromatic carbocycles. The number of carbonyl (C=O) groups is 5. The van der Waals surface area contributed by atoms with Crippen LogP contribution in [0.15, 0.2) is 24.3 Å². The zero-order chi connectivity index (χ0) is 35.1. The Labute approximate surface area is 285 Å². The maximum absolute atomic E-state index is 14.5. The summed E-state index contributed by atoms with van der Waals surface area (Å²) < 4.78 is 0. The minimum absolute atomic E-state index is 0.0900. The van der Waals surface area contributed by atoms with Crippen LogP contribution in [0.3, 0.4) is 0 Å². The molecule has 2 saturated carbocycles. The molecule has 0 radical (unpaired) electrons. The number of phenolic OH excluding ortho intramolecular Hbond substituents is 1. The Kier molecular flexibility index (Phi) is 12.5. The van der Waals surface area contributed by atoms with Crippen molar-refractivity contribution < 1.29 is 29.1 Å². The van der Waals surface area contributed by atoms with Crippen LogP contribution in [0.1, 0.15) is 117 Å². The van der Waals surface area contributed by atoms with Crippen LogP contribution < -0.4 is 21.7 Å². The van der Waals surface area contributed by atoms with Crippen molar-refractivity contribution >= 4 is 29.5 Å². The van der Waals surface area contributed by atoms with Crippen LogP contribution in [0.4, 0.5) is 4.79 Å². The molecule has 1 unspecified atom stereocenters. The molecule has 4 atom stereocenters. The second-order valence-electron chi connectivity index (χ2n) is 15.7. The number of nitrogens with zero attached hydrogens (tertiary/aromatic N) is 1. The number of hydrogen-bond donors (Lipinski definition) is 5. The number of nitrogens with two attached hydrogens (primary N) is 1. The first-order valence-corrected chi connectivity index (χ1v) is 18.0. The highest BCUT2D eigenvalue weighted by atomic mass is 16.3. The summed E-state index contributed by atoms with van der Waals surface area (Å²) in [6.45, 7) is 8.16. The van der Waals surface area contributed by atoms with E-state index >= 15 is 0 Å². The van der Waals surface area contributed by atoms with Crippen molar-refractivity contribution in [1.29, 1.82) is 0 Å². The second kappa shape index (κ2) is 16.2. The van der Waals surface area contributed by atoms with Gasteiger partial charge in [0.15, 0.2) is 0 Å². The van der Waals surface area contributed by atoms with Gasteiger partial charge in [-0.2, -0.15) is 0 Å². The zero-order valence-electron chi connectivity index (χ0n) is 29.3. The minimum Gasteiger partial charge on any atom is -0.508 e. The first-order chi connectivity index (χ1) is 22.7. The summed E-state index contributed by atoms with van der Waals surface area (Å²) in [4.78, 5) is 68.1. The molecule has 0 aromatic heterocycles. The zero-order valence-corrected chi connectivity index (χ0v) is 29.3. The van der Waals surface area contributed by atoms with Crippen molar-refractivity contribution in [2.45, 2.75) is 141 Å². The monoisotopic (exact) mass is 667 g/mol. The van der Waals surface area contributed by atoms with Crippen molar-refractivity contribution in [3.63, 3.8) is 0 Å². The second-order valence-corrected chi connectivity index (χ2v) is 15.7. The van der Waals surface area contributed by atoms with Crippen molar-refractivity contribution in [3.8, 4) is 5.75 Å². The Morgan fingerprint density at radius 2 is 1.73 bits per heavy atom. The van der Waals surface area contributed by atoms with E-state index in [0.29, 0.717) is 25.8 Å². The largest absolute Gasteiger partial charge is 0.508 e. The number of benzene rings is 1. The summed E-state index contributed by atoms with van der Waals surface area (Å²) in [6, 6.07) is 3.86. The fourth-order valence-corrected chi connectivity index (χ4v) is 7.52. The molecule has 6 N–H and O–H groups in total. The number of carbonyl (C=O) groups excluding carboxylic acids is 5. The van der Waals surface area contributed by atoms with Crippen LogP contribution in [0.5, 0.6) is 5.75 Å². The van der Waals surface area contributed by atoms with Gasteiger partial charge in [0.05, 0.1) is 6.04 Å². The highest BCUT2D eigenvalue weighted by Crippen LogP contribution is 2.35. The normalized spacial score (nSPS) is 22.0. The fourth-order valence-electron chi connectivity index (χ4n) is 7.52. The summed E-state index contributed by atoms with van der Waals surface area (Å²) in [5.41, 5.74) is 5.05. The predicted molar refractivity (Wildman–Crippen MR) is 184 cm³/mol. The van der Waals surface area contributed by atoms with Crippen LogP contribution in [-0.2, 0) is 25.6 Å². The number of aromatic hydroxyl groups is 1. The predicted octanol–water partition coefficient (Wildman–Crippen LogP) is 4.49. The number of unbranched alkanes of at least 4 members (excludes halogenated alkanes) is 2. The van der Waals surface area contributed by atoms with Crippen LogP contribution in [0.2, 0.25) is 0 Å². The number of amides is 5. The van der Waals surface area contributed by atoms with Crippen molar-refractivity contribution in [2.24, 2.45) is 23.0 Å². The lowest BCUT2D eigenvalue weighted by Crippen LogP contribution is -2.62. The highest BCUT2D eigenvalue weighted by Gasteiger charge is 2.46. The van der Waals surface area contributed by atoms with E-state index in [-0.39, 0.29) is 23.5 Å². The molecule has 5 amide bonds. The molecule has 0 bridgehead atoms. The molecule has 1 heterocycles. The summed E-state index contributed by atoms with van der Waals surface area (Å²) in [5, 5.41) is 19.1. The van der Waals surface area contributed by atoms with E-state index in [9.17, 15) is 29.1 Å². The van der Waals surface area contributed by atoms with E-state index in [4.69, 9.17) is 5.73 Å². The van der Waals surface area contributed by atoms with E-state index in [2.05, 4.69) is 22.9 Å². The molecule has 11 nitrogen and oxygen atoms in total. The Morgan fingerprint density at radius 1 is 1.02 bits per heavy atom. The summed E-state index contributed by atoms with van der Waals surface area (Å²) in [5.74, 6) is -2.19. The van der Waals surface area contributed by atoms with Gasteiger partial charge >= 0.3 is 6.03 Å². The van der Waals surface area contributed by atoms with Crippen LogP contribution in [0, 0.1) is 17.3 Å². The van der Waals surface area contributed by atoms with Gasteiger partial charge < -0.3 is 31.7 Å². The number of urea groups is 1. The van der Waals surface area contributed by atoms with Gasteiger partial charge in [-0.3, -0.25) is 19.2 Å². The Morgan fingerprint density at radius 3 is 2.33 bits per heavy atom. The van der Waals surface area contributed by atoms with E-state index in [0.717, 1.165) is 76.2 Å². The lowest BCUT2D eigenvalue weighted by atomic mass is 9.77. The average molecular weight is 668 g/mol. The number of rotatable bonds is 15. The van der Waals surface area contributed by atoms with Crippen molar-refractivity contribution in [2.75, 3.05) is 6.54 Å². The third-order valence-corrected chi connectivity index (χ3v) is 10.4. The van der Waals surface area contributed by atoms with Gasteiger partial charge in [-0.15, -0.1) is 0 Å². The first-order valence-electron chi connectivity index (χ1n) is 18.0. The maximum atomic E-state index is 14.5. The van der Waals surface area contributed by atoms with Crippen LogP contribution in [0.25, 0.3) is 0 Å². The molecule has 1 saturated heterocycles. The number of nitrogens with one attached hydrogen (secondary N) is 3. The molecule has 2 aliphatic carbocycles. The molecule has 266 valence electrons. The molecular formula is C37H57N5O6. The number of likely N-dealkylation sites (tertiary alicyclic amines) is 1. The van der Waals surface area contributed by atoms with E-state index in [1.54, 1.807) is 23.1 Å². The highest BCUT2D eigenvalue weighted by molar-refractivity contribution is 6.37. The number of hydrogen-bond acceptors (Lipinski definition) is 6. The lowest BCUT2D eigenvalue weighted by Gasteiger charge is -2.40. The van der Waals surface area contributed by atoms with Crippen LogP contribution >= 0.6 is 0 Å². The molecule has 11 heteroatoms. The van der Waals surface area contributed by atoms with Gasteiger partial charge in [0.25, 0.3) is 5.91 Å². The number of ketones is 1. The maximum Gasteiger partial charge on any atom is 0.315 e. The molecule has 4 rings (SSSR count). The third-order valence-electron chi connectivity index (χ3n) is 10.4. The van der Waals surface area contributed by atoms with E-state index in [1.165, 1.54) is 0 Å². The van der Waals surface area contributed by atoms with Gasteiger partial charge in [-0.25, -0.2) is 4.79 Å². The molecule has 1 aliphatic heterocycles. The number of phenols is 1. The topological polar surface area (TPSA) is 171 Å². The van der Waals surface area contributed by atoms with Crippen molar-refractivity contribution in [3.05, 3.63) is 29.8 Å². The summed E-state index contributed by atoms with van der Waals surface area (Å²) in [6.07, 6.45) is 11.7. The minimum atomic E-state index is -1.08. The number of primary amides is 1. The standard InChI is InChI=1S/C37H57N5O6/c1-5-6-8-12-26-21-29(33(46)39-28(20-24-15-16-24)30(44)32(38)45)42(23-26)34(47)31(36(2,3)4)40-35(48)41-37(17-9-7-10-18-37)22-25-13-11-14-27(43)19-25/h11,13-14,19,24,26,28-29,31,43H,5-10,12,15-18,20-23H2,1-4H3,(H2,38,45)(H,39,46)(H2,40,41,48)/t26-,28?,29+,31-/m1/s1.